The topological polar surface area (TPSA) is 257 Å². The summed E-state index contributed by atoms with van der Waals surface area (Å²) in [6, 6.07) is 17.1. The van der Waals surface area contributed by atoms with E-state index in [1.807, 2.05) is 0 Å². The molecule has 2 unspecified atom stereocenters. The normalized spacial score (nSPS) is 31.2. The van der Waals surface area contributed by atoms with Gasteiger partial charge in [0.05, 0.1) is 32.5 Å². The number of carbonyl (C=O) groups is 2. The number of ether oxygens (including phenoxy) is 4. The van der Waals surface area contributed by atoms with E-state index >= 15 is 0 Å². The number of nitrogens with one attached hydrogen (secondary N) is 2. The van der Waals surface area contributed by atoms with Crippen LogP contribution in [0.25, 0.3) is 22.3 Å². The Kier molecular flexibility index (Phi) is 11.3. The van der Waals surface area contributed by atoms with Crippen LogP contribution in [-0.2, 0) is 53.4 Å². The molecule has 26 heteroatoms. The Morgan fingerprint density at radius 2 is 1.44 bits per heavy atom. The maximum absolute atomic E-state index is 14.2. The Labute approximate surface area is 372 Å². The average Bonchev–Trinajstić information content (AvgIpc) is 4.12. The van der Waals surface area contributed by atoms with E-state index in [0.717, 1.165) is 0 Å². The molecule has 330 valence electrons. The van der Waals surface area contributed by atoms with Gasteiger partial charge in [-0.25, -0.2) is 34.5 Å². The summed E-state index contributed by atoms with van der Waals surface area (Å²) in [5, 5.41) is 5.53. The molecule has 2 aromatic carbocycles. The zero-order valence-corrected chi connectivity index (χ0v) is 36.5. The van der Waals surface area contributed by atoms with E-state index in [9.17, 15) is 19.0 Å². The van der Waals surface area contributed by atoms with E-state index in [0.29, 0.717) is 11.1 Å². The van der Waals surface area contributed by atoms with Gasteiger partial charge in [0.15, 0.2) is 52.5 Å². The maximum Gasteiger partial charge on any atom is 0.386 e. The fourth-order valence-corrected chi connectivity index (χ4v) is 10.8. The van der Waals surface area contributed by atoms with Gasteiger partial charge in [0.2, 0.25) is 0 Å². The summed E-state index contributed by atoms with van der Waals surface area (Å²) >= 11 is 9.92. The van der Waals surface area contributed by atoms with Gasteiger partial charge in [0.1, 0.15) is 48.8 Å². The van der Waals surface area contributed by atoms with Gasteiger partial charge in [-0.3, -0.25) is 32.3 Å². The van der Waals surface area contributed by atoms with E-state index in [2.05, 4.69) is 64.8 Å². The van der Waals surface area contributed by atoms with Crippen molar-refractivity contribution in [3.05, 3.63) is 97.1 Å². The highest BCUT2D eigenvalue weighted by Crippen LogP contribution is 2.62. The molecule has 2 bridgehead atoms. The van der Waals surface area contributed by atoms with E-state index in [4.69, 9.17) is 48.8 Å². The second-order valence-electron chi connectivity index (χ2n) is 14.7. The predicted octanol–water partition coefficient (Wildman–Crippen LogP) is 4.17. The number of hydrogen-bond donors (Lipinski definition) is 4. The van der Waals surface area contributed by atoms with Crippen LogP contribution in [0.3, 0.4) is 0 Å². The lowest BCUT2D eigenvalue weighted by Gasteiger charge is -2.34. The Hall–Kier alpha value is -5.25. The minimum atomic E-state index is -4.32. The Morgan fingerprint density at radius 1 is 0.844 bits per heavy atom. The zero-order valence-electron chi connectivity index (χ0n) is 33.0. The van der Waals surface area contributed by atoms with E-state index in [-0.39, 0.29) is 40.6 Å². The van der Waals surface area contributed by atoms with Crippen molar-refractivity contribution >= 4 is 83.3 Å². The summed E-state index contributed by atoms with van der Waals surface area (Å²) < 4.78 is 66.6. The third kappa shape index (κ3) is 7.97. The summed E-state index contributed by atoms with van der Waals surface area (Å²) in [5.41, 5.74) is 0.206. The molecule has 10 rings (SSSR count). The molecule has 4 aromatic heterocycles. The monoisotopic (exact) mass is 948 g/mol. The largest absolute Gasteiger partial charge is 0.436 e. The predicted molar refractivity (Wildman–Crippen MR) is 229 cm³/mol. The smallest absolute Gasteiger partial charge is 0.386 e. The molecule has 0 spiro atoms. The van der Waals surface area contributed by atoms with Crippen LogP contribution >= 0.6 is 25.8 Å². The summed E-state index contributed by atoms with van der Waals surface area (Å²) in [7, 11) is 0. The SMILES string of the molecule is CC#CO[C@@H]1[C@@H]2OP(O)(=S)OC[C@@]34CO[C@@H]([C@H](n5cnc6c(NC(=O)c7ccccc7)ncnc65)O3)[C@@H]4OP(=O)(S)OC[C@H]2O[C@H]1n1cnc2c(NC(=O)c3ccccc3)ncnc21. The number of imidazole rings is 2. The molecule has 0 saturated carbocycles. The first-order valence-electron chi connectivity index (χ1n) is 19.3. The number of hydrogen-bond acceptors (Lipinski definition) is 18. The fraction of sp³-hybridized carbons (Fsp3) is 0.316. The van der Waals surface area contributed by atoms with Gasteiger partial charge in [-0.2, -0.15) is 0 Å². The molecule has 0 aliphatic carbocycles. The fourth-order valence-electron chi connectivity index (χ4n) is 7.84. The van der Waals surface area contributed by atoms with Crippen LogP contribution in [0.4, 0.5) is 11.6 Å². The summed E-state index contributed by atoms with van der Waals surface area (Å²) in [4.78, 5) is 63.9. The van der Waals surface area contributed by atoms with Crippen LogP contribution in [0.2, 0.25) is 0 Å². The number of nitrogens with zero attached hydrogens (tertiary/aromatic N) is 8. The third-order valence-electron chi connectivity index (χ3n) is 10.7. The molecule has 64 heavy (non-hydrogen) atoms. The highest BCUT2D eigenvalue weighted by atomic mass is 32.7. The Morgan fingerprint density at radius 3 is 2.03 bits per heavy atom. The van der Waals surface area contributed by atoms with Crippen LogP contribution in [-0.4, -0.2) is 112 Å². The number of carbonyl (C=O) groups excluding carboxylic acids is 2. The quantitative estimate of drug-likeness (QED) is 0.0995. The van der Waals surface area contributed by atoms with Crippen LogP contribution < -0.4 is 10.6 Å². The molecular formula is C38H34N10O12P2S2. The highest BCUT2D eigenvalue weighted by molar-refractivity contribution is 8.44. The highest BCUT2D eigenvalue weighted by Gasteiger charge is 2.66. The second-order valence-corrected chi connectivity index (χ2v) is 20.4. The first-order chi connectivity index (χ1) is 30.9. The molecule has 4 aliphatic heterocycles. The molecule has 0 radical (unpaired) electrons. The minimum Gasteiger partial charge on any atom is -0.436 e. The van der Waals surface area contributed by atoms with Crippen LogP contribution in [0.15, 0.2) is 86.0 Å². The summed E-state index contributed by atoms with van der Waals surface area (Å²) in [6.45, 7) is -8.15. The molecular weight excluding hydrogens is 915 g/mol. The third-order valence-corrected chi connectivity index (χ3v) is 13.9. The number of aromatic nitrogens is 8. The summed E-state index contributed by atoms with van der Waals surface area (Å²) in [6.07, 6.45) is -0.0571. The number of rotatable bonds is 7. The van der Waals surface area contributed by atoms with Crippen molar-refractivity contribution in [2.24, 2.45) is 0 Å². The van der Waals surface area contributed by atoms with Gasteiger partial charge in [-0.05, 0) is 36.1 Å². The number of fused-ring (bicyclic) bond motifs is 3. The van der Waals surface area contributed by atoms with Gasteiger partial charge >= 0.3 is 13.5 Å². The minimum absolute atomic E-state index is 0.124. The second kappa shape index (κ2) is 17.0. The van der Waals surface area contributed by atoms with E-state index < -0.39 is 87.1 Å². The number of anilines is 2. The Balaban J connectivity index is 0.922. The van der Waals surface area contributed by atoms with Crippen molar-refractivity contribution in [3.63, 3.8) is 0 Å². The van der Waals surface area contributed by atoms with Gasteiger partial charge in [0.25, 0.3) is 11.8 Å². The van der Waals surface area contributed by atoms with Crippen molar-refractivity contribution < 1.29 is 56.1 Å². The lowest BCUT2D eigenvalue weighted by molar-refractivity contribution is -0.183. The molecule has 2 amide bonds. The molecule has 8 heterocycles. The molecule has 3 N–H and O–H groups in total. The van der Waals surface area contributed by atoms with Crippen molar-refractivity contribution in [2.45, 2.75) is 55.5 Å². The maximum atomic E-state index is 14.2. The van der Waals surface area contributed by atoms with Crippen LogP contribution in [0.1, 0.15) is 40.1 Å². The van der Waals surface area contributed by atoms with Gasteiger partial charge in [0, 0.05) is 18.1 Å². The Bertz CT molecular complexity index is 2940. The van der Waals surface area contributed by atoms with Gasteiger partial charge in [-0.1, -0.05) is 54.6 Å². The van der Waals surface area contributed by atoms with Crippen molar-refractivity contribution in [2.75, 3.05) is 30.5 Å². The zero-order chi connectivity index (χ0) is 44.2. The van der Waals surface area contributed by atoms with E-state index in [1.165, 1.54) is 29.9 Å². The lowest BCUT2D eigenvalue weighted by Crippen LogP contribution is -2.46. The van der Waals surface area contributed by atoms with E-state index in [1.54, 1.807) is 72.2 Å². The first-order valence-corrected chi connectivity index (χ1v) is 24.6. The van der Waals surface area contributed by atoms with Crippen LogP contribution in [0.5, 0.6) is 0 Å². The lowest BCUT2D eigenvalue weighted by atomic mass is 10.0. The molecule has 6 aromatic rings. The van der Waals surface area contributed by atoms with Crippen molar-refractivity contribution in [1.29, 1.82) is 0 Å². The van der Waals surface area contributed by atoms with Crippen LogP contribution in [0, 0.1) is 12.0 Å². The van der Waals surface area contributed by atoms with Crippen molar-refractivity contribution in [3.8, 4) is 12.0 Å². The first kappa shape index (κ1) is 42.7. The standard InChI is InChI=1S/C38H34N10O12P2S2/c1-2-13-53-27-26-23(57-36(27)47-19-43-24-30(39-17-41-32(24)47)45-34(49)21-9-5-3-6-10-21)14-55-61(51,63)60-29-28-37(58-38(29,15-54-28)16-56-62(52,64)59-26)48-20-44-25-31(40-18-42-33(25)48)46-35(50)22-11-7-4-8-12-22/h3-12,17-20,23,26-29,36-37H,14-16H2,1H3,(H,51,63)(H,52,64)(H,39,41,45,49)(H,40,42,46,50)/t23-,26-,27-,28-,29+,36-,37-,38-,61?,62?/m1/s1. The number of benzene rings is 2. The van der Waals surface area contributed by atoms with Crippen molar-refractivity contribution in [1.82, 2.24) is 39.0 Å². The molecule has 22 nitrogen and oxygen atoms in total. The molecule has 4 fully saturated rings. The average molecular weight is 949 g/mol. The number of amides is 2. The molecule has 10 atom stereocenters. The van der Waals surface area contributed by atoms with Gasteiger partial charge in [-0.15, -0.1) is 0 Å². The molecule has 4 saturated heterocycles. The number of thiol groups is 1. The summed E-state index contributed by atoms with van der Waals surface area (Å²) in [5.74, 6) is 2.11. The van der Waals surface area contributed by atoms with Gasteiger partial charge < -0.3 is 39.0 Å². The molecule has 4 aliphatic rings.